The molecule has 1 aromatic carbocycles. The molecule has 10 heterocycles. The molecule has 0 N–H and O–H groups in total. The molecule has 0 bridgehead atoms. The molecule has 0 saturated carbocycles. The average molecular weight is 296 g/mol. The summed E-state index contributed by atoms with van der Waals surface area (Å²) in [4.78, 5) is 15.9. The van der Waals surface area contributed by atoms with Gasteiger partial charge in [-0.25, -0.2) is 0 Å². The Hall–Kier alpha value is 0.169. The Bertz CT molecular complexity index is 844. The van der Waals surface area contributed by atoms with Crippen molar-refractivity contribution in [2.75, 3.05) is 0 Å². The number of rotatable bonds is 0. The summed E-state index contributed by atoms with van der Waals surface area (Å²) < 4.78 is 0. The van der Waals surface area contributed by atoms with Crippen molar-refractivity contribution in [3.63, 3.8) is 0 Å². The van der Waals surface area contributed by atoms with E-state index in [0.29, 0.717) is 0 Å². The zero-order valence-electron chi connectivity index (χ0n) is 10.1. The standard InChI is InChI=1S/C6H7P.2C5H5.Fe/c7-6-4-2-1-3-5-6;2*1-2-4-5-3-1;/h1-5H,7H2;2*1-5H;. The van der Waals surface area contributed by atoms with Crippen LogP contribution >= 0.6 is 9.24 Å². The average Bonchev–Trinajstić information content (AvgIpc) is 3.33. The summed E-state index contributed by atoms with van der Waals surface area (Å²) in [5.41, 5.74) is 0. The molecule has 1 aromatic rings. The van der Waals surface area contributed by atoms with E-state index < -0.39 is 6.51 Å². The van der Waals surface area contributed by atoms with Gasteiger partial charge in [-0.05, 0) is 5.30 Å². The Morgan fingerprint density at radius 1 is 0.611 bits per heavy atom. The Morgan fingerprint density at radius 3 is 1.06 bits per heavy atom. The topological polar surface area (TPSA) is 0 Å². The number of fused-ring (bicyclic) bond motifs is 10. The molecule has 11 rings (SSSR count). The quantitative estimate of drug-likeness (QED) is 0.486. The minimum absolute atomic E-state index is 1.24. The molecular formula is C16H17FeP. The molecule has 10 aliphatic rings. The first-order valence-electron chi connectivity index (χ1n) is 7.57. The first-order valence-corrected chi connectivity index (χ1v) is 14.5. The van der Waals surface area contributed by atoms with Gasteiger partial charge in [-0.15, -0.1) is 9.24 Å². The van der Waals surface area contributed by atoms with Crippen LogP contribution in [-0.2, 0) is 6.51 Å². The van der Waals surface area contributed by atoms with Crippen molar-refractivity contribution in [3.8, 4) is 0 Å². The van der Waals surface area contributed by atoms with Crippen LogP contribution in [-0.4, -0.2) is 0 Å². The van der Waals surface area contributed by atoms with Gasteiger partial charge < -0.3 is 0 Å². The summed E-state index contributed by atoms with van der Waals surface area (Å²) in [6, 6.07) is 10.1. The second-order valence-electron chi connectivity index (χ2n) is 11.0. The van der Waals surface area contributed by atoms with Gasteiger partial charge in [-0.1, -0.05) is 30.3 Å². The van der Waals surface area contributed by atoms with Crippen molar-refractivity contribution in [2.45, 2.75) is 48.2 Å². The molecule has 0 aromatic heterocycles. The molecule has 94 valence electrons. The fraction of sp³-hybridized carbons (Fsp3) is 0.625. The molecule has 2 heteroatoms. The first kappa shape index (κ1) is 7.26. The summed E-state index contributed by atoms with van der Waals surface area (Å²) in [6.45, 7) is -2.28. The van der Waals surface area contributed by atoms with Gasteiger partial charge in [0.1, 0.15) is 0 Å². The molecule has 0 amide bonds. The van der Waals surface area contributed by atoms with Crippen molar-refractivity contribution < 1.29 is 6.51 Å². The van der Waals surface area contributed by atoms with E-state index in [9.17, 15) is 0 Å². The normalized spacial score (nSPS) is 108. The molecule has 10 fully saturated rings. The van der Waals surface area contributed by atoms with Crippen molar-refractivity contribution in [1.82, 2.24) is 0 Å². The van der Waals surface area contributed by atoms with Crippen LogP contribution in [0.5, 0.6) is 0 Å². The van der Waals surface area contributed by atoms with Crippen LogP contribution in [0.15, 0.2) is 30.3 Å². The van der Waals surface area contributed by atoms with E-state index in [2.05, 4.69) is 9.24 Å². The zero-order chi connectivity index (χ0) is 11.2. The van der Waals surface area contributed by atoms with Gasteiger partial charge in [0.2, 0.25) is 0 Å². The van der Waals surface area contributed by atoms with Crippen molar-refractivity contribution >= 4 is 14.5 Å². The summed E-state index contributed by atoms with van der Waals surface area (Å²) in [7, 11) is 2.63. The van der Waals surface area contributed by atoms with E-state index in [0.717, 1.165) is 0 Å². The van der Waals surface area contributed by atoms with Crippen molar-refractivity contribution in [1.29, 1.82) is 0 Å². The monoisotopic (exact) mass is 296 g/mol. The molecule has 0 radical (unpaired) electrons. The SMILES string of the molecule is Pc1ccccc1.[CH]12[CH]3[CH]4[CH]5[CH]1[Fe]23451678[CH]2[CH]1[CH]6[CH]7[CH]28. The summed E-state index contributed by atoms with van der Waals surface area (Å²) in [6.07, 6.45) is 0. The van der Waals surface area contributed by atoms with E-state index in [4.69, 9.17) is 0 Å². The minimum atomic E-state index is -2.28. The fourth-order valence-corrected chi connectivity index (χ4v) is 88.7. The molecule has 1 spiro atoms. The van der Waals surface area contributed by atoms with E-state index in [1.165, 1.54) is 5.30 Å². The molecule has 18 heavy (non-hydrogen) atoms. The van der Waals surface area contributed by atoms with Gasteiger partial charge in [0, 0.05) is 0 Å². The van der Waals surface area contributed by atoms with Gasteiger partial charge >= 0.3 is 54.7 Å². The molecular weight excluding hydrogens is 279 g/mol. The van der Waals surface area contributed by atoms with Crippen LogP contribution in [0.1, 0.15) is 0 Å². The van der Waals surface area contributed by atoms with Crippen LogP contribution in [0.4, 0.5) is 0 Å². The first-order chi connectivity index (χ1) is 8.55. The molecule has 0 aliphatic carbocycles. The Kier molecular flexibility index (Phi) is 0.262. The van der Waals surface area contributed by atoms with Crippen LogP contribution in [0.2, 0.25) is 48.2 Å². The molecule has 1 atom stereocenters. The third-order valence-electron chi connectivity index (χ3n) is 15.3. The van der Waals surface area contributed by atoms with Crippen LogP contribution in [0.3, 0.4) is 0 Å². The Morgan fingerprint density at radius 2 is 0.944 bits per heavy atom. The maximum absolute atomic E-state index is 2.63. The van der Waals surface area contributed by atoms with Gasteiger partial charge in [0.05, 0.1) is 0 Å². The van der Waals surface area contributed by atoms with Crippen LogP contribution in [0, 0.1) is 0 Å². The molecule has 10 aliphatic heterocycles. The molecule has 10 saturated heterocycles. The van der Waals surface area contributed by atoms with E-state index >= 15 is 0 Å². The molecule has 1 unspecified atom stereocenters. The number of hydrogen-bond acceptors (Lipinski definition) is 0. The van der Waals surface area contributed by atoms with Gasteiger partial charge in [-0.2, -0.15) is 0 Å². The third kappa shape index (κ3) is 0.0859. The van der Waals surface area contributed by atoms with Crippen molar-refractivity contribution in [3.05, 3.63) is 30.3 Å². The van der Waals surface area contributed by atoms with Crippen LogP contribution < -0.4 is 5.30 Å². The predicted octanol–water partition coefficient (Wildman–Crippen LogP) is 4.56. The molecule has 0 nitrogen and oxygen atoms in total. The summed E-state index contributed by atoms with van der Waals surface area (Å²) in [5.74, 6) is 0. The number of benzene rings is 1. The summed E-state index contributed by atoms with van der Waals surface area (Å²) in [5, 5.41) is 1.24. The van der Waals surface area contributed by atoms with Crippen molar-refractivity contribution in [2.24, 2.45) is 0 Å². The maximum atomic E-state index is 2.63. The van der Waals surface area contributed by atoms with Gasteiger partial charge in [0.25, 0.3) is 0 Å². The predicted molar refractivity (Wildman–Crippen MR) is 73.3 cm³/mol. The third-order valence-corrected chi connectivity index (χ3v) is 57.7. The summed E-state index contributed by atoms with van der Waals surface area (Å²) >= 11 is 0. The zero-order valence-corrected chi connectivity index (χ0v) is 12.4. The van der Waals surface area contributed by atoms with E-state index in [1.807, 2.05) is 30.3 Å². The van der Waals surface area contributed by atoms with Crippen LogP contribution in [0.25, 0.3) is 0 Å². The number of hydrogen-bond donors (Lipinski definition) is 0. The fourth-order valence-electron chi connectivity index (χ4n) is 16.3. The van der Waals surface area contributed by atoms with Gasteiger partial charge in [-0.3, -0.25) is 0 Å². The second-order valence-corrected chi connectivity index (χ2v) is 35.6. The Labute approximate surface area is 99.4 Å². The Balaban J connectivity index is 0.0000000857. The second kappa shape index (κ2) is 0.649. The van der Waals surface area contributed by atoms with Gasteiger partial charge in [0.15, 0.2) is 0 Å². The van der Waals surface area contributed by atoms with E-state index in [-0.39, 0.29) is 0 Å². The van der Waals surface area contributed by atoms with E-state index in [1.54, 1.807) is 48.2 Å².